The lowest BCUT2D eigenvalue weighted by molar-refractivity contribution is 0.231. The molecule has 0 amide bonds. The van der Waals surface area contributed by atoms with Gasteiger partial charge in [-0.2, -0.15) is 11.8 Å². The SMILES string of the molecule is CCCCCCCCCCCCCCCCCCSCC(CO)CCCC. The molecule has 0 aliphatic carbocycles. The summed E-state index contributed by atoms with van der Waals surface area (Å²) < 4.78 is 0. The van der Waals surface area contributed by atoms with Crippen LogP contribution in [0.4, 0.5) is 0 Å². The Kier molecular flexibility index (Phi) is 24.6. The number of aliphatic hydroxyl groups excluding tert-OH is 1. The maximum absolute atomic E-state index is 9.38. The lowest BCUT2D eigenvalue weighted by Crippen LogP contribution is -2.09. The summed E-state index contributed by atoms with van der Waals surface area (Å²) >= 11 is 2.06. The topological polar surface area (TPSA) is 20.2 Å². The Bertz CT molecular complexity index is 257. The van der Waals surface area contributed by atoms with Crippen molar-refractivity contribution in [3.63, 3.8) is 0 Å². The number of unbranched alkanes of at least 4 members (excludes halogenated alkanes) is 16. The number of thioether (sulfide) groups is 1. The standard InChI is InChI=1S/C25H52OS/c1-3-5-7-8-9-10-11-12-13-14-15-16-17-18-19-20-22-27-24-25(23-26)21-6-4-2/h25-26H,3-24H2,1-2H3. The Labute approximate surface area is 176 Å². The Morgan fingerprint density at radius 3 is 1.37 bits per heavy atom. The lowest BCUT2D eigenvalue weighted by atomic mass is 10.0. The molecule has 0 rings (SSSR count). The van der Waals surface area contributed by atoms with Crippen LogP contribution in [0.15, 0.2) is 0 Å². The Hall–Kier alpha value is 0.310. The van der Waals surface area contributed by atoms with Gasteiger partial charge in [-0.1, -0.05) is 123 Å². The van der Waals surface area contributed by atoms with Crippen molar-refractivity contribution in [2.75, 3.05) is 18.1 Å². The van der Waals surface area contributed by atoms with Gasteiger partial charge in [-0.05, 0) is 30.3 Å². The monoisotopic (exact) mass is 400 g/mol. The van der Waals surface area contributed by atoms with Gasteiger partial charge in [0.15, 0.2) is 0 Å². The van der Waals surface area contributed by atoms with Crippen LogP contribution < -0.4 is 0 Å². The number of hydrogen-bond donors (Lipinski definition) is 1. The predicted molar refractivity (Wildman–Crippen MR) is 127 cm³/mol. The van der Waals surface area contributed by atoms with Crippen molar-refractivity contribution in [3.05, 3.63) is 0 Å². The molecule has 0 spiro atoms. The van der Waals surface area contributed by atoms with Crippen LogP contribution in [0.3, 0.4) is 0 Å². The van der Waals surface area contributed by atoms with E-state index in [4.69, 9.17) is 0 Å². The Morgan fingerprint density at radius 2 is 0.963 bits per heavy atom. The molecule has 27 heavy (non-hydrogen) atoms. The van der Waals surface area contributed by atoms with Gasteiger partial charge < -0.3 is 5.11 Å². The quantitative estimate of drug-likeness (QED) is 0.173. The normalized spacial score (nSPS) is 12.6. The summed E-state index contributed by atoms with van der Waals surface area (Å²) in [7, 11) is 0. The third-order valence-electron chi connectivity index (χ3n) is 5.72. The highest BCUT2D eigenvalue weighted by molar-refractivity contribution is 7.99. The zero-order valence-electron chi connectivity index (χ0n) is 19.0. The summed E-state index contributed by atoms with van der Waals surface area (Å²) in [5.74, 6) is 2.99. The molecule has 1 unspecified atom stereocenters. The summed E-state index contributed by atoms with van der Waals surface area (Å²) in [5.41, 5.74) is 0. The fourth-order valence-corrected chi connectivity index (χ4v) is 4.90. The van der Waals surface area contributed by atoms with E-state index in [1.165, 1.54) is 128 Å². The maximum Gasteiger partial charge on any atom is 0.0467 e. The van der Waals surface area contributed by atoms with Gasteiger partial charge in [-0.25, -0.2) is 0 Å². The van der Waals surface area contributed by atoms with Crippen LogP contribution in [0.2, 0.25) is 0 Å². The van der Waals surface area contributed by atoms with Crippen molar-refractivity contribution in [2.24, 2.45) is 5.92 Å². The average molecular weight is 401 g/mol. The first-order valence-corrected chi connectivity index (χ1v) is 13.7. The van der Waals surface area contributed by atoms with Crippen LogP contribution in [0.5, 0.6) is 0 Å². The fourth-order valence-electron chi connectivity index (χ4n) is 3.72. The van der Waals surface area contributed by atoms with Gasteiger partial charge >= 0.3 is 0 Å². The molecule has 2 heteroatoms. The molecule has 0 fully saturated rings. The predicted octanol–water partition coefficient (Wildman–Crippen LogP) is 8.78. The van der Waals surface area contributed by atoms with Gasteiger partial charge in [-0.15, -0.1) is 0 Å². The van der Waals surface area contributed by atoms with Gasteiger partial charge in [0.2, 0.25) is 0 Å². The largest absolute Gasteiger partial charge is 0.396 e. The van der Waals surface area contributed by atoms with Crippen LogP contribution in [0.1, 0.15) is 136 Å². The zero-order chi connectivity index (χ0) is 19.8. The van der Waals surface area contributed by atoms with E-state index in [0.717, 1.165) is 5.75 Å². The molecule has 0 aromatic rings. The molecule has 0 aromatic carbocycles. The first kappa shape index (κ1) is 27.3. The van der Waals surface area contributed by atoms with E-state index >= 15 is 0 Å². The van der Waals surface area contributed by atoms with E-state index < -0.39 is 0 Å². The highest BCUT2D eigenvalue weighted by Crippen LogP contribution is 2.17. The van der Waals surface area contributed by atoms with Crippen LogP contribution in [-0.2, 0) is 0 Å². The molecule has 164 valence electrons. The minimum atomic E-state index is 0.381. The number of aliphatic hydroxyl groups is 1. The van der Waals surface area contributed by atoms with Gasteiger partial charge in [-0.3, -0.25) is 0 Å². The molecule has 0 saturated heterocycles. The second-order valence-electron chi connectivity index (χ2n) is 8.57. The van der Waals surface area contributed by atoms with Crippen molar-refractivity contribution in [1.29, 1.82) is 0 Å². The second-order valence-corrected chi connectivity index (χ2v) is 9.72. The smallest absolute Gasteiger partial charge is 0.0467 e. The maximum atomic E-state index is 9.38. The van der Waals surface area contributed by atoms with Gasteiger partial charge in [0.1, 0.15) is 0 Å². The molecule has 0 aliphatic heterocycles. The summed E-state index contributed by atoms with van der Waals surface area (Å²) in [5, 5.41) is 9.38. The second kappa shape index (κ2) is 24.3. The third-order valence-corrected chi connectivity index (χ3v) is 7.00. The fraction of sp³-hybridized carbons (Fsp3) is 1.00. The van der Waals surface area contributed by atoms with E-state index in [0.29, 0.717) is 12.5 Å². The molecular formula is C25H52OS. The van der Waals surface area contributed by atoms with Crippen molar-refractivity contribution < 1.29 is 5.11 Å². The summed E-state index contributed by atoms with van der Waals surface area (Å²) in [6, 6.07) is 0. The number of rotatable bonds is 23. The average Bonchev–Trinajstić information content (AvgIpc) is 2.69. The van der Waals surface area contributed by atoms with Crippen LogP contribution in [0, 0.1) is 5.92 Å². The van der Waals surface area contributed by atoms with E-state index in [-0.39, 0.29) is 0 Å². The van der Waals surface area contributed by atoms with Crippen molar-refractivity contribution in [2.45, 2.75) is 136 Å². The highest BCUT2D eigenvalue weighted by atomic mass is 32.2. The summed E-state index contributed by atoms with van der Waals surface area (Å²) in [4.78, 5) is 0. The van der Waals surface area contributed by atoms with Gasteiger partial charge in [0, 0.05) is 6.61 Å². The first-order chi connectivity index (χ1) is 13.3. The highest BCUT2D eigenvalue weighted by Gasteiger charge is 2.06. The van der Waals surface area contributed by atoms with Gasteiger partial charge in [0.25, 0.3) is 0 Å². The van der Waals surface area contributed by atoms with E-state index in [9.17, 15) is 5.11 Å². The molecule has 1 nitrogen and oxygen atoms in total. The van der Waals surface area contributed by atoms with Crippen molar-refractivity contribution in [3.8, 4) is 0 Å². The van der Waals surface area contributed by atoms with Crippen molar-refractivity contribution >= 4 is 11.8 Å². The molecule has 0 aromatic heterocycles. The van der Waals surface area contributed by atoms with E-state index in [1.54, 1.807) is 0 Å². The van der Waals surface area contributed by atoms with Gasteiger partial charge in [0.05, 0.1) is 0 Å². The van der Waals surface area contributed by atoms with Crippen LogP contribution >= 0.6 is 11.8 Å². The molecule has 0 saturated carbocycles. The Balaban J connectivity index is 3.10. The van der Waals surface area contributed by atoms with E-state index in [1.807, 2.05) is 0 Å². The molecule has 1 N–H and O–H groups in total. The van der Waals surface area contributed by atoms with Crippen LogP contribution in [0.25, 0.3) is 0 Å². The molecule has 0 bridgehead atoms. The minimum absolute atomic E-state index is 0.381. The Morgan fingerprint density at radius 1 is 0.556 bits per heavy atom. The lowest BCUT2D eigenvalue weighted by Gasteiger charge is -2.12. The summed E-state index contributed by atoms with van der Waals surface area (Å²) in [6.07, 6.45) is 26.8. The van der Waals surface area contributed by atoms with E-state index in [2.05, 4.69) is 25.6 Å². The zero-order valence-corrected chi connectivity index (χ0v) is 19.8. The summed E-state index contributed by atoms with van der Waals surface area (Å²) in [6.45, 7) is 4.91. The van der Waals surface area contributed by atoms with Crippen molar-refractivity contribution in [1.82, 2.24) is 0 Å². The molecule has 0 heterocycles. The minimum Gasteiger partial charge on any atom is -0.396 e. The first-order valence-electron chi connectivity index (χ1n) is 12.5. The van der Waals surface area contributed by atoms with Crippen LogP contribution in [-0.4, -0.2) is 23.2 Å². The molecule has 0 radical (unpaired) electrons. The molecule has 1 atom stereocenters. The molecule has 0 aliphatic rings. The third kappa shape index (κ3) is 22.5. The number of hydrogen-bond acceptors (Lipinski definition) is 2. The molecular weight excluding hydrogens is 348 g/mol.